The van der Waals surface area contributed by atoms with Crippen molar-refractivity contribution in [3.8, 4) is 5.75 Å². The maximum absolute atomic E-state index is 9.87. The van der Waals surface area contributed by atoms with Crippen molar-refractivity contribution in [2.75, 3.05) is 0 Å². The lowest BCUT2D eigenvalue weighted by molar-refractivity contribution is 0.0678. The first-order chi connectivity index (χ1) is 7.79. The summed E-state index contributed by atoms with van der Waals surface area (Å²) in [6.45, 7) is 7.76. The van der Waals surface area contributed by atoms with E-state index in [4.69, 9.17) is 0 Å². The van der Waals surface area contributed by atoms with Gasteiger partial charge in [-0.2, -0.15) is 0 Å². The molecule has 1 rings (SSSR count). The van der Waals surface area contributed by atoms with Gasteiger partial charge in [0.25, 0.3) is 0 Å². The van der Waals surface area contributed by atoms with Crippen LogP contribution in [0.5, 0.6) is 5.75 Å². The smallest absolute Gasteiger partial charge is 0.119 e. The van der Waals surface area contributed by atoms with Gasteiger partial charge in [0.2, 0.25) is 0 Å². The Kier molecular flexibility index (Phi) is 4.58. The number of phenolic OH excluding ortho intramolecular Hbond substituents is 1. The lowest BCUT2D eigenvalue weighted by Gasteiger charge is -2.19. The highest BCUT2D eigenvalue weighted by molar-refractivity contribution is 5.38. The molecule has 0 aliphatic carbocycles. The molecule has 96 valence electrons. The van der Waals surface area contributed by atoms with Crippen molar-refractivity contribution in [1.29, 1.82) is 0 Å². The Morgan fingerprint density at radius 3 is 2.47 bits per heavy atom. The molecule has 0 spiro atoms. The normalized spacial score (nSPS) is 13.7. The van der Waals surface area contributed by atoms with E-state index >= 15 is 0 Å². The fourth-order valence-corrected chi connectivity index (χ4v) is 2.07. The molecule has 0 saturated heterocycles. The van der Waals surface area contributed by atoms with Crippen molar-refractivity contribution in [2.24, 2.45) is 0 Å². The van der Waals surface area contributed by atoms with Gasteiger partial charge >= 0.3 is 0 Å². The Bertz CT molecular complexity index is 364. The minimum atomic E-state index is -0.588. The van der Waals surface area contributed by atoms with E-state index in [-0.39, 0.29) is 0 Å². The number of phenols is 1. The molecule has 17 heavy (non-hydrogen) atoms. The fourth-order valence-electron chi connectivity index (χ4n) is 2.07. The van der Waals surface area contributed by atoms with Crippen molar-refractivity contribution >= 4 is 0 Å². The number of rotatable bonds is 5. The molecule has 0 aliphatic heterocycles. The Labute approximate surface area is 104 Å². The van der Waals surface area contributed by atoms with E-state index in [0.717, 1.165) is 30.4 Å². The van der Waals surface area contributed by atoms with Gasteiger partial charge in [0, 0.05) is 0 Å². The molecule has 0 amide bonds. The van der Waals surface area contributed by atoms with Crippen LogP contribution in [0.25, 0.3) is 0 Å². The highest BCUT2D eigenvalue weighted by Crippen LogP contribution is 2.30. The highest BCUT2D eigenvalue weighted by Gasteiger charge is 2.15. The van der Waals surface area contributed by atoms with Crippen LogP contribution >= 0.6 is 0 Å². The number of aromatic hydroxyl groups is 1. The van der Waals surface area contributed by atoms with Crippen molar-refractivity contribution in [2.45, 2.75) is 58.5 Å². The molecule has 2 nitrogen and oxygen atoms in total. The second-order valence-corrected chi connectivity index (χ2v) is 5.67. The summed E-state index contributed by atoms with van der Waals surface area (Å²) in [6.07, 6.45) is 2.75. The maximum atomic E-state index is 9.87. The average Bonchev–Trinajstić information content (AvgIpc) is 2.15. The van der Waals surface area contributed by atoms with Gasteiger partial charge in [-0.3, -0.25) is 0 Å². The molecular formula is C15H24O2. The van der Waals surface area contributed by atoms with E-state index in [1.807, 2.05) is 39.0 Å². The van der Waals surface area contributed by atoms with Gasteiger partial charge < -0.3 is 10.2 Å². The SMILES string of the molecule is Cc1ccc([C@H](C)CCCC(C)(C)O)c(O)c1. The van der Waals surface area contributed by atoms with Crippen molar-refractivity contribution < 1.29 is 10.2 Å². The molecule has 0 aliphatic rings. The zero-order chi connectivity index (χ0) is 13.1. The molecule has 0 radical (unpaired) electrons. The molecule has 2 heteroatoms. The molecule has 1 aromatic carbocycles. The van der Waals surface area contributed by atoms with Gasteiger partial charge in [0.05, 0.1) is 5.60 Å². The zero-order valence-corrected chi connectivity index (χ0v) is 11.3. The van der Waals surface area contributed by atoms with Crippen molar-refractivity contribution in [1.82, 2.24) is 0 Å². The van der Waals surface area contributed by atoms with Crippen LogP contribution in [0.4, 0.5) is 0 Å². The average molecular weight is 236 g/mol. The van der Waals surface area contributed by atoms with Gasteiger partial charge in [-0.15, -0.1) is 0 Å². The van der Waals surface area contributed by atoms with Crippen LogP contribution in [0.15, 0.2) is 18.2 Å². The van der Waals surface area contributed by atoms with Gasteiger partial charge in [-0.25, -0.2) is 0 Å². The third-order valence-electron chi connectivity index (χ3n) is 3.14. The Hall–Kier alpha value is -1.02. The molecule has 0 heterocycles. The van der Waals surface area contributed by atoms with Crippen LogP contribution in [0.1, 0.15) is 57.1 Å². The van der Waals surface area contributed by atoms with Gasteiger partial charge in [0.15, 0.2) is 0 Å². The van der Waals surface area contributed by atoms with Crippen LogP contribution in [0.3, 0.4) is 0 Å². The Morgan fingerprint density at radius 2 is 1.94 bits per heavy atom. The first-order valence-corrected chi connectivity index (χ1v) is 6.31. The summed E-state index contributed by atoms with van der Waals surface area (Å²) in [4.78, 5) is 0. The zero-order valence-electron chi connectivity index (χ0n) is 11.3. The lowest BCUT2D eigenvalue weighted by atomic mass is 9.91. The van der Waals surface area contributed by atoms with Gasteiger partial charge in [0.1, 0.15) is 5.75 Å². The number of hydrogen-bond donors (Lipinski definition) is 2. The maximum Gasteiger partial charge on any atom is 0.119 e. The molecule has 2 N–H and O–H groups in total. The van der Waals surface area contributed by atoms with E-state index in [2.05, 4.69) is 6.92 Å². The molecule has 0 saturated carbocycles. The van der Waals surface area contributed by atoms with Crippen LogP contribution in [-0.4, -0.2) is 15.8 Å². The minimum Gasteiger partial charge on any atom is -0.508 e. The summed E-state index contributed by atoms with van der Waals surface area (Å²) >= 11 is 0. The molecule has 1 aromatic rings. The van der Waals surface area contributed by atoms with E-state index in [1.54, 1.807) is 0 Å². The van der Waals surface area contributed by atoms with Gasteiger partial charge in [-0.05, 0) is 56.7 Å². The fraction of sp³-hybridized carbons (Fsp3) is 0.600. The molecular weight excluding hydrogens is 212 g/mol. The third-order valence-corrected chi connectivity index (χ3v) is 3.14. The standard InChI is InChI=1S/C15H24O2/c1-11-7-8-13(14(16)10-11)12(2)6-5-9-15(3,4)17/h7-8,10,12,16-17H,5-6,9H2,1-4H3/t12-/m1/s1. The summed E-state index contributed by atoms with van der Waals surface area (Å²) in [5, 5.41) is 19.5. The predicted octanol–water partition coefficient (Wildman–Crippen LogP) is 3.75. The van der Waals surface area contributed by atoms with Crippen molar-refractivity contribution in [3.63, 3.8) is 0 Å². The van der Waals surface area contributed by atoms with E-state index in [9.17, 15) is 10.2 Å². The monoisotopic (exact) mass is 236 g/mol. The Balaban J connectivity index is 2.55. The molecule has 0 bridgehead atoms. The van der Waals surface area contributed by atoms with Crippen LogP contribution in [0.2, 0.25) is 0 Å². The quantitative estimate of drug-likeness (QED) is 0.817. The topological polar surface area (TPSA) is 40.5 Å². The molecule has 0 unspecified atom stereocenters. The van der Waals surface area contributed by atoms with Crippen LogP contribution in [-0.2, 0) is 0 Å². The number of aliphatic hydroxyl groups is 1. The largest absolute Gasteiger partial charge is 0.508 e. The number of aryl methyl sites for hydroxylation is 1. The van der Waals surface area contributed by atoms with E-state index in [1.165, 1.54) is 0 Å². The van der Waals surface area contributed by atoms with E-state index in [0.29, 0.717) is 11.7 Å². The van der Waals surface area contributed by atoms with Crippen molar-refractivity contribution in [3.05, 3.63) is 29.3 Å². The molecule has 0 aromatic heterocycles. The summed E-state index contributed by atoms with van der Waals surface area (Å²) in [5.41, 5.74) is 1.50. The summed E-state index contributed by atoms with van der Waals surface area (Å²) in [7, 11) is 0. The number of benzene rings is 1. The number of hydrogen-bond acceptors (Lipinski definition) is 2. The summed E-state index contributed by atoms with van der Waals surface area (Å²) in [5.74, 6) is 0.721. The van der Waals surface area contributed by atoms with Crippen LogP contribution < -0.4 is 0 Å². The van der Waals surface area contributed by atoms with Crippen LogP contribution in [0, 0.1) is 6.92 Å². The minimum absolute atomic E-state index is 0.331. The summed E-state index contributed by atoms with van der Waals surface area (Å²) < 4.78 is 0. The molecule has 1 atom stereocenters. The Morgan fingerprint density at radius 1 is 1.29 bits per heavy atom. The highest BCUT2D eigenvalue weighted by atomic mass is 16.3. The lowest BCUT2D eigenvalue weighted by Crippen LogP contribution is -2.18. The molecule has 0 fully saturated rings. The first-order valence-electron chi connectivity index (χ1n) is 6.31. The summed E-state index contributed by atoms with van der Waals surface area (Å²) in [6, 6.07) is 5.84. The first kappa shape index (κ1) is 14.0. The van der Waals surface area contributed by atoms with Gasteiger partial charge in [-0.1, -0.05) is 25.5 Å². The second-order valence-electron chi connectivity index (χ2n) is 5.67. The predicted molar refractivity (Wildman–Crippen MR) is 71.4 cm³/mol. The third kappa shape index (κ3) is 4.78. The van der Waals surface area contributed by atoms with E-state index < -0.39 is 5.60 Å². The second kappa shape index (κ2) is 5.54.